The second kappa shape index (κ2) is 7.62. The van der Waals surface area contributed by atoms with Crippen molar-refractivity contribution >= 4 is 12.0 Å². The van der Waals surface area contributed by atoms with Crippen LogP contribution in [0.5, 0.6) is 0 Å². The average Bonchev–Trinajstić information content (AvgIpc) is 3.05. The van der Waals surface area contributed by atoms with Crippen LogP contribution in [0.3, 0.4) is 0 Å². The normalized spacial score (nSPS) is 17.9. The summed E-state index contributed by atoms with van der Waals surface area (Å²) in [7, 11) is 1.76. The fourth-order valence-electron chi connectivity index (χ4n) is 2.81. The third-order valence-electron chi connectivity index (χ3n) is 4.05. The van der Waals surface area contributed by atoms with Crippen molar-refractivity contribution in [2.24, 2.45) is 0 Å². The van der Waals surface area contributed by atoms with E-state index in [4.69, 9.17) is 14.4 Å². The number of carboxylic acids is 1. The third kappa shape index (κ3) is 4.55. The van der Waals surface area contributed by atoms with Crippen LogP contribution in [0.25, 0.3) is 11.4 Å². The number of rotatable bonds is 6. The van der Waals surface area contributed by atoms with Crippen LogP contribution in [0.1, 0.15) is 5.56 Å². The molecule has 0 bridgehead atoms. The number of morpholine rings is 1. The Hall–Kier alpha value is -2.45. The number of carbonyl (C=O) groups is 1. The molecule has 0 saturated carbocycles. The van der Waals surface area contributed by atoms with Gasteiger partial charge >= 0.3 is 12.0 Å². The first-order valence-corrected chi connectivity index (χ1v) is 8.19. The number of carboxylic acid groups (broad SMARTS) is 1. The number of ether oxygens (including phenoxy) is 1. The van der Waals surface area contributed by atoms with Gasteiger partial charge in [0.15, 0.2) is 0 Å². The maximum Gasteiger partial charge on any atom is 0.324 e. The number of nitrogens with zero attached hydrogens (tertiary/aromatic N) is 4. The highest BCUT2D eigenvalue weighted by molar-refractivity contribution is 5.69. The van der Waals surface area contributed by atoms with E-state index in [2.05, 4.69) is 10.1 Å². The van der Waals surface area contributed by atoms with Crippen LogP contribution in [-0.4, -0.2) is 72.1 Å². The van der Waals surface area contributed by atoms with E-state index in [9.17, 15) is 4.79 Å². The molecule has 3 rings (SSSR count). The van der Waals surface area contributed by atoms with Gasteiger partial charge in [0, 0.05) is 25.2 Å². The molecule has 1 aliphatic heterocycles. The lowest BCUT2D eigenvalue weighted by Gasteiger charge is -2.33. The van der Waals surface area contributed by atoms with Gasteiger partial charge in [-0.25, -0.2) is 0 Å². The molecule has 1 saturated heterocycles. The van der Waals surface area contributed by atoms with Crippen molar-refractivity contribution in [3.8, 4) is 11.4 Å². The van der Waals surface area contributed by atoms with Crippen molar-refractivity contribution in [2.45, 2.75) is 13.0 Å². The lowest BCUT2D eigenvalue weighted by Crippen LogP contribution is -2.47. The lowest BCUT2D eigenvalue weighted by molar-refractivity contribution is -0.138. The predicted molar refractivity (Wildman–Crippen MR) is 91.6 cm³/mol. The molecule has 1 aliphatic rings. The van der Waals surface area contributed by atoms with Gasteiger partial charge in [-0.2, -0.15) is 4.98 Å². The Morgan fingerprint density at radius 1 is 1.40 bits per heavy atom. The molecule has 134 valence electrons. The van der Waals surface area contributed by atoms with E-state index in [-0.39, 0.29) is 12.6 Å². The number of anilines is 1. The number of benzene rings is 1. The molecular formula is C17H22N4O4. The van der Waals surface area contributed by atoms with Gasteiger partial charge < -0.3 is 19.3 Å². The highest BCUT2D eigenvalue weighted by atomic mass is 16.5. The van der Waals surface area contributed by atoms with Crippen LogP contribution in [0.4, 0.5) is 6.01 Å². The van der Waals surface area contributed by atoms with E-state index in [1.54, 1.807) is 11.9 Å². The van der Waals surface area contributed by atoms with Crippen molar-refractivity contribution in [1.82, 2.24) is 15.0 Å². The lowest BCUT2D eigenvalue weighted by atomic mass is 10.1. The fraction of sp³-hybridized carbons (Fsp3) is 0.471. The first kappa shape index (κ1) is 17.4. The van der Waals surface area contributed by atoms with Gasteiger partial charge in [0.05, 0.1) is 19.3 Å². The molecule has 1 unspecified atom stereocenters. The molecule has 1 aromatic heterocycles. The number of likely N-dealkylation sites (N-methyl/N-ethyl adjacent to an activating group) is 1. The first-order valence-electron chi connectivity index (χ1n) is 8.19. The van der Waals surface area contributed by atoms with E-state index in [0.717, 1.165) is 5.56 Å². The third-order valence-corrected chi connectivity index (χ3v) is 4.05. The molecule has 0 spiro atoms. The average molecular weight is 346 g/mol. The van der Waals surface area contributed by atoms with Crippen molar-refractivity contribution < 1.29 is 19.2 Å². The van der Waals surface area contributed by atoms with Crippen LogP contribution in [-0.2, 0) is 9.53 Å². The summed E-state index contributed by atoms with van der Waals surface area (Å²) in [6.07, 6.45) is -0.104. The molecule has 8 nitrogen and oxygen atoms in total. The van der Waals surface area contributed by atoms with Crippen molar-refractivity contribution in [3.63, 3.8) is 0 Å². The highest BCUT2D eigenvalue weighted by Crippen LogP contribution is 2.22. The van der Waals surface area contributed by atoms with Crippen LogP contribution in [0.2, 0.25) is 0 Å². The van der Waals surface area contributed by atoms with Gasteiger partial charge in [0.1, 0.15) is 0 Å². The molecule has 2 heterocycles. The molecule has 0 radical (unpaired) electrons. The van der Waals surface area contributed by atoms with Crippen LogP contribution < -0.4 is 4.90 Å². The van der Waals surface area contributed by atoms with Gasteiger partial charge in [-0.05, 0) is 14.0 Å². The van der Waals surface area contributed by atoms with Gasteiger partial charge in [-0.3, -0.25) is 9.69 Å². The first-order chi connectivity index (χ1) is 12.0. The topological polar surface area (TPSA) is 91.9 Å². The second-order valence-electron chi connectivity index (χ2n) is 6.30. The Morgan fingerprint density at radius 2 is 2.16 bits per heavy atom. The second-order valence-corrected chi connectivity index (χ2v) is 6.30. The zero-order valence-electron chi connectivity index (χ0n) is 14.4. The Bertz CT molecular complexity index is 716. The van der Waals surface area contributed by atoms with E-state index in [1.165, 1.54) is 5.56 Å². The summed E-state index contributed by atoms with van der Waals surface area (Å²) in [5.74, 6) is -0.296. The highest BCUT2D eigenvalue weighted by Gasteiger charge is 2.26. The summed E-state index contributed by atoms with van der Waals surface area (Å²) >= 11 is 0. The summed E-state index contributed by atoms with van der Waals surface area (Å²) in [5.41, 5.74) is 2.08. The molecule has 8 heteroatoms. The predicted octanol–water partition coefficient (Wildman–Crippen LogP) is 1.27. The molecule has 25 heavy (non-hydrogen) atoms. The van der Waals surface area contributed by atoms with Crippen molar-refractivity contribution in [3.05, 3.63) is 29.8 Å². The number of aromatic nitrogens is 2. The minimum absolute atomic E-state index is 0.0159. The maximum atomic E-state index is 10.8. The van der Waals surface area contributed by atoms with Gasteiger partial charge in [0.25, 0.3) is 0 Å². The minimum Gasteiger partial charge on any atom is -0.480 e. The molecule has 0 amide bonds. The molecule has 2 aromatic rings. The van der Waals surface area contributed by atoms with Gasteiger partial charge in [0.2, 0.25) is 5.82 Å². The summed E-state index contributed by atoms with van der Waals surface area (Å²) < 4.78 is 11.1. The van der Waals surface area contributed by atoms with Crippen LogP contribution >= 0.6 is 0 Å². The monoisotopic (exact) mass is 346 g/mol. The summed E-state index contributed by atoms with van der Waals surface area (Å²) in [6.45, 7) is 4.32. The molecule has 1 fully saturated rings. The minimum atomic E-state index is -0.852. The number of hydrogen-bond donors (Lipinski definition) is 1. The molecular weight excluding hydrogens is 324 g/mol. The quantitative estimate of drug-likeness (QED) is 0.836. The number of aryl methyl sites for hydroxylation is 1. The largest absolute Gasteiger partial charge is 0.480 e. The van der Waals surface area contributed by atoms with E-state index >= 15 is 0 Å². The molecule has 1 atom stereocenters. The van der Waals surface area contributed by atoms with Crippen LogP contribution in [0.15, 0.2) is 28.8 Å². The molecule has 1 aromatic carbocycles. The smallest absolute Gasteiger partial charge is 0.324 e. The molecule has 1 N–H and O–H groups in total. The Morgan fingerprint density at radius 3 is 2.88 bits per heavy atom. The van der Waals surface area contributed by atoms with Gasteiger partial charge in [-0.1, -0.05) is 35.0 Å². The number of hydrogen-bond acceptors (Lipinski definition) is 7. The van der Waals surface area contributed by atoms with Gasteiger partial charge in [-0.15, -0.1) is 0 Å². The van der Waals surface area contributed by atoms with E-state index in [1.807, 2.05) is 36.1 Å². The summed E-state index contributed by atoms with van der Waals surface area (Å²) in [4.78, 5) is 19.0. The van der Waals surface area contributed by atoms with Crippen molar-refractivity contribution in [1.29, 1.82) is 0 Å². The Balaban J connectivity index is 1.63. The SMILES string of the molecule is Cc1ccc(-c2noc(N3CCOC(CN(C)CC(=O)O)C3)n2)cc1. The zero-order valence-corrected chi connectivity index (χ0v) is 14.4. The fourth-order valence-corrected chi connectivity index (χ4v) is 2.81. The standard InChI is InChI=1S/C17H22N4O4/c1-12-3-5-13(6-4-12)16-18-17(25-19-16)21-7-8-24-14(10-21)9-20(2)11-15(22)23/h3-6,14H,7-11H2,1-2H3,(H,22,23). The zero-order chi connectivity index (χ0) is 17.8. The van der Waals surface area contributed by atoms with Crippen LogP contribution in [0, 0.1) is 6.92 Å². The van der Waals surface area contributed by atoms with E-state index in [0.29, 0.717) is 38.1 Å². The maximum absolute atomic E-state index is 10.8. The van der Waals surface area contributed by atoms with E-state index < -0.39 is 5.97 Å². The van der Waals surface area contributed by atoms with Crippen molar-refractivity contribution in [2.75, 3.05) is 44.7 Å². The number of aliphatic carboxylic acids is 1. The Kier molecular flexibility index (Phi) is 5.30. The summed E-state index contributed by atoms with van der Waals surface area (Å²) in [5, 5.41) is 12.9. The molecule has 0 aliphatic carbocycles. The summed E-state index contributed by atoms with van der Waals surface area (Å²) in [6, 6.07) is 8.41. The Labute approximate surface area is 146 Å².